The SMILES string of the molecule is O=c1[nH]c(=O)n([C@@H]2O[C@H](CO)[C@@H](O)C2F)cc1CF. The first-order chi connectivity index (χ1) is 8.99. The molecule has 0 aromatic carbocycles. The highest BCUT2D eigenvalue weighted by atomic mass is 19.1. The zero-order valence-electron chi connectivity index (χ0n) is 9.62. The Balaban J connectivity index is 2.43. The van der Waals surface area contributed by atoms with Crippen molar-refractivity contribution in [1.29, 1.82) is 0 Å². The van der Waals surface area contributed by atoms with Gasteiger partial charge in [-0.25, -0.2) is 13.6 Å². The first-order valence-corrected chi connectivity index (χ1v) is 5.48. The second kappa shape index (κ2) is 5.19. The van der Waals surface area contributed by atoms with Gasteiger partial charge < -0.3 is 14.9 Å². The predicted octanol–water partition coefficient (Wildman–Crippen LogP) is -1.41. The fourth-order valence-corrected chi connectivity index (χ4v) is 1.89. The Labute approximate surface area is 105 Å². The summed E-state index contributed by atoms with van der Waals surface area (Å²) < 4.78 is 32.0. The number of rotatable bonds is 3. The maximum atomic E-state index is 13.8. The monoisotopic (exact) mass is 278 g/mol. The van der Waals surface area contributed by atoms with Crippen LogP contribution in [0.1, 0.15) is 11.8 Å². The molecule has 1 aromatic rings. The number of aliphatic hydroxyl groups excluding tert-OH is 2. The highest BCUT2D eigenvalue weighted by Gasteiger charge is 2.45. The molecule has 9 heteroatoms. The van der Waals surface area contributed by atoms with E-state index in [0.717, 1.165) is 6.20 Å². The molecule has 0 saturated carbocycles. The summed E-state index contributed by atoms with van der Waals surface area (Å²) >= 11 is 0. The Morgan fingerprint density at radius 3 is 2.68 bits per heavy atom. The minimum absolute atomic E-state index is 0.364. The van der Waals surface area contributed by atoms with Gasteiger partial charge in [0.05, 0.1) is 12.2 Å². The molecule has 2 rings (SSSR count). The van der Waals surface area contributed by atoms with Crippen molar-refractivity contribution >= 4 is 0 Å². The van der Waals surface area contributed by atoms with Crippen molar-refractivity contribution in [2.75, 3.05) is 6.61 Å². The number of hydrogen-bond acceptors (Lipinski definition) is 5. The quantitative estimate of drug-likeness (QED) is 0.630. The Hall–Kier alpha value is -1.58. The van der Waals surface area contributed by atoms with E-state index in [-0.39, 0.29) is 5.56 Å². The van der Waals surface area contributed by atoms with Crippen molar-refractivity contribution in [2.45, 2.75) is 31.3 Å². The highest BCUT2D eigenvalue weighted by molar-refractivity contribution is 5.04. The van der Waals surface area contributed by atoms with Crippen LogP contribution in [0.25, 0.3) is 0 Å². The maximum absolute atomic E-state index is 13.8. The highest BCUT2D eigenvalue weighted by Crippen LogP contribution is 2.30. The standard InChI is InChI=1S/C10H12F2N2O5/c11-1-4-2-14(10(18)13-8(4)17)9-6(12)7(16)5(3-15)19-9/h2,5-7,9,15-16H,1,3H2,(H,13,17,18)/t5-,6?,7-,9-/m1/s1. The maximum Gasteiger partial charge on any atom is 0.330 e. The molecule has 4 atom stereocenters. The van der Waals surface area contributed by atoms with Crippen LogP contribution >= 0.6 is 0 Å². The molecule has 7 nitrogen and oxygen atoms in total. The van der Waals surface area contributed by atoms with Gasteiger partial charge in [0.15, 0.2) is 12.4 Å². The Bertz CT molecular complexity index is 572. The molecule has 0 aliphatic carbocycles. The molecule has 1 aliphatic heterocycles. The molecule has 19 heavy (non-hydrogen) atoms. The fraction of sp³-hybridized carbons (Fsp3) is 0.600. The average molecular weight is 278 g/mol. The number of halogens is 2. The van der Waals surface area contributed by atoms with Crippen LogP contribution in [-0.2, 0) is 11.4 Å². The van der Waals surface area contributed by atoms with Crippen molar-refractivity contribution in [3.63, 3.8) is 0 Å². The summed E-state index contributed by atoms with van der Waals surface area (Å²) in [5.41, 5.74) is -2.26. The van der Waals surface area contributed by atoms with Crippen molar-refractivity contribution in [3.05, 3.63) is 32.6 Å². The number of aliphatic hydroxyl groups is 2. The van der Waals surface area contributed by atoms with Crippen LogP contribution in [0.4, 0.5) is 8.78 Å². The minimum atomic E-state index is -1.98. The molecular weight excluding hydrogens is 266 g/mol. The van der Waals surface area contributed by atoms with Crippen molar-refractivity contribution in [3.8, 4) is 0 Å². The normalized spacial score (nSPS) is 30.7. The van der Waals surface area contributed by atoms with E-state index in [2.05, 4.69) is 0 Å². The van der Waals surface area contributed by atoms with Gasteiger partial charge >= 0.3 is 5.69 Å². The first kappa shape index (κ1) is 13.8. The lowest BCUT2D eigenvalue weighted by Crippen LogP contribution is -2.37. The van der Waals surface area contributed by atoms with Crippen LogP contribution < -0.4 is 11.2 Å². The summed E-state index contributed by atoms with van der Waals surface area (Å²) in [5.74, 6) is 0. The van der Waals surface area contributed by atoms with Gasteiger partial charge in [0, 0.05) is 6.20 Å². The number of ether oxygens (including phenoxy) is 1. The van der Waals surface area contributed by atoms with Gasteiger partial charge in [-0.3, -0.25) is 14.3 Å². The summed E-state index contributed by atoms with van der Waals surface area (Å²) in [5, 5.41) is 18.3. The molecule has 0 spiro atoms. The second-order valence-electron chi connectivity index (χ2n) is 4.14. The number of aromatic amines is 1. The third-order valence-electron chi connectivity index (χ3n) is 2.93. The number of alkyl halides is 2. The molecule has 0 amide bonds. The van der Waals surface area contributed by atoms with Gasteiger partial charge in [-0.1, -0.05) is 0 Å². The number of H-pyrrole nitrogens is 1. The topological polar surface area (TPSA) is 105 Å². The molecule has 106 valence electrons. The largest absolute Gasteiger partial charge is 0.394 e. The predicted molar refractivity (Wildman–Crippen MR) is 58.0 cm³/mol. The average Bonchev–Trinajstić information content (AvgIpc) is 2.67. The zero-order valence-corrected chi connectivity index (χ0v) is 9.62. The van der Waals surface area contributed by atoms with Crippen molar-refractivity contribution in [2.24, 2.45) is 0 Å². The number of hydrogen-bond donors (Lipinski definition) is 3. The third-order valence-corrected chi connectivity index (χ3v) is 2.93. The summed E-state index contributed by atoms with van der Waals surface area (Å²) in [6, 6.07) is 0. The lowest BCUT2D eigenvalue weighted by molar-refractivity contribution is -0.0492. The Morgan fingerprint density at radius 2 is 2.16 bits per heavy atom. The van der Waals surface area contributed by atoms with E-state index in [1.807, 2.05) is 4.98 Å². The van der Waals surface area contributed by atoms with E-state index in [9.17, 15) is 23.5 Å². The lowest BCUT2D eigenvalue weighted by atomic mass is 10.1. The summed E-state index contributed by atoms with van der Waals surface area (Å²) in [6.07, 6.45) is -5.46. The number of nitrogens with zero attached hydrogens (tertiary/aromatic N) is 1. The van der Waals surface area contributed by atoms with Crippen molar-refractivity contribution in [1.82, 2.24) is 9.55 Å². The molecule has 0 bridgehead atoms. The third kappa shape index (κ3) is 2.31. The minimum Gasteiger partial charge on any atom is -0.394 e. The lowest BCUT2D eigenvalue weighted by Gasteiger charge is -2.16. The van der Waals surface area contributed by atoms with Gasteiger partial charge in [-0.2, -0.15) is 0 Å². The van der Waals surface area contributed by atoms with Gasteiger partial charge in [-0.15, -0.1) is 0 Å². The molecule has 1 aliphatic rings. The van der Waals surface area contributed by atoms with Crippen LogP contribution in [0.3, 0.4) is 0 Å². The molecule has 1 aromatic heterocycles. The smallest absolute Gasteiger partial charge is 0.330 e. The van der Waals surface area contributed by atoms with Gasteiger partial charge in [0.2, 0.25) is 0 Å². The molecule has 0 radical (unpaired) electrons. The van der Waals surface area contributed by atoms with E-state index in [0.29, 0.717) is 4.57 Å². The Morgan fingerprint density at radius 1 is 1.47 bits per heavy atom. The van der Waals surface area contributed by atoms with Gasteiger partial charge in [0.1, 0.15) is 18.9 Å². The Kier molecular flexibility index (Phi) is 3.78. The van der Waals surface area contributed by atoms with Crippen LogP contribution in [0.5, 0.6) is 0 Å². The van der Waals surface area contributed by atoms with E-state index in [4.69, 9.17) is 9.84 Å². The molecular formula is C10H12F2N2O5. The number of aromatic nitrogens is 2. The van der Waals surface area contributed by atoms with Crippen molar-refractivity contribution < 1.29 is 23.7 Å². The first-order valence-electron chi connectivity index (χ1n) is 5.48. The summed E-state index contributed by atoms with van der Waals surface area (Å²) in [6.45, 7) is -1.77. The van der Waals surface area contributed by atoms with Crippen LogP contribution in [0.15, 0.2) is 15.8 Å². The van der Waals surface area contributed by atoms with Crippen LogP contribution in [0.2, 0.25) is 0 Å². The molecule has 2 heterocycles. The van der Waals surface area contributed by atoms with Gasteiger partial charge in [0.25, 0.3) is 5.56 Å². The zero-order chi connectivity index (χ0) is 14.2. The number of nitrogens with one attached hydrogen (secondary N) is 1. The molecule has 1 unspecified atom stereocenters. The summed E-state index contributed by atoms with van der Waals surface area (Å²) in [7, 11) is 0. The van der Waals surface area contributed by atoms with Gasteiger partial charge in [-0.05, 0) is 0 Å². The second-order valence-corrected chi connectivity index (χ2v) is 4.14. The summed E-state index contributed by atoms with van der Waals surface area (Å²) in [4.78, 5) is 24.5. The van der Waals surface area contributed by atoms with E-state index in [1.165, 1.54) is 0 Å². The van der Waals surface area contributed by atoms with Crippen LogP contribution in [-0.4, -0.2) is 44.8 Å². The molecule has 3 N–H and O–H groups in total. The van der Waals surface area contributed by atoms with E-state index < -0.39 is 49.1 Å². The molecule has 1 saturated heterocycles. The van der Waals surface area contributed by atoms with E-state index >= 15 is 0 Å². The van der Waals surface area contributed by atoms with E-state index in [1.54, 1.807) is 0 Å². The molecule has 1 fully saturated rings. The van der Waals surface area contributed by atoms with Crippen LogP contribution in [0, 0.1) is 0 Å². The fourth-order valence-electron chi connectivity index (χ4n) is 1.89.